The highest BCUT2D eigenvalue weighted by molar-refractivity contribution is 5.23. The van der Waals surface area contributed by atoms with Crippen LogP contribution in [0.15, 0.2) is 55.0 Å². The van der Waals surface area contributed by atoms with Crippen LogP contribution in [0.5, 0.6) is 0 Å². The molecule has 0 unspecified atom stereocenters. The minimum atomic E-state index is 0.852. The van der Waals surface area contributed by atoms with Crippen molar-refractivity contribution in [2.45, 2.75) is 39.5 Å². The Labute approximate surface area is 143 Å². The highest BCUT2D eigenvalue weighted by atomic mass is 14.9. The fraction of sp³-hybridized carbons (Fsp3) is 0.286. The summed E-state index contributed by atoms with van der Waals surface area (Å²) < 4.78 is 0. The number of aryl methyl sites for hydroxylation is 6. The van der Waals surface area contributed by atoms with Gasteiger partial charge in [-0.25, -0.2) is 9.97 Å². The van der Waals surface area contributed by atoms with Crippen molar-refractivity contribution >= 4 is 0 Å². The quantitative estimate of drug-likeness (QED) is 0.688. The number of hydrogen-bond acceptors (Lipinski definition) is 3. The normalized spacial score (nSPS) is 10.8. The number of benzene rings is 1. The average molecular weight is 317 g/mol. The molecule has 0 radical (unpaired) electrons. The van der Waals surface area contributed by atoms with Gasteiger partial charge in [0.1, 0.15) is 5.82 Å². The Morgan fingerprint density at radius 1 is 0.583 bits per heavy atom. The second-order valence-corrected chi connectivity index (χ2v) is 6.32. The predicted molar refractivity (Wildman–Crippen MR) is 97.0 cm³/mol. The van der Waals surface area contributed by atoms with Crippen molar-refractivity contribution in [1.82, 2.24) is 15.0 Å². The van der Waals surface area contributed by atoms with Gasteiger partial charge in [-0.2, -0.15) is 0 Å². The molecule has 0 amide bonds. The zero-order valence-corrected chi connectivity index (χ0v) is 14.4. The minimum Gasteiger partial charge on any atom is -0.261 e. The average Bonchev–Trinajstić information content (AvgIpc) is 2.62. The largest absolute Gasteiger partial charge is 0.261 e. The van der Waals surface area contributed by atoms with Crippen LogP contribution in [0.1, 0.15) is 33.8 Å². The fourth-order valence-electron chi connectivity index (χ4n) is 2.58. The molecule has 0 aliphatic rings. The van der Waals surface area contributed by atoms with E-state index in [0.29, 0.717) is 0 Å². The summed E-state index contributed by atoms with van der Waals surface area (Å²) in [5.74, 6) is 0.893. The van der Waals surface area contributed by atoms with Gasteiger partial charge < -0.3 is 0 Å². The van der Waals surface area contributed by atoms with Crippen LogP contribution in [0.3, 0.4) is 0 Å². The molecule has 0 fully saturated rings. The van der Waals surface area contributed by atoms with Crippen LogP contribution in [0.2, 0.25) is 0 Å². The van der Waals surface area contributed by atoms with Crippen molar-refractivity contribution in [3.8, 4) is 0 Å². The maximum Gasteiger partial charge on any atom is 0.128 e. The van der Waals surface area contributed by atoms with Gasteiger partial charge in [0.15, 0.2) is 0 Å². The topological polar surface area (TPSA) is 38.7 Å². The first kappa shape index (κ1) is 16.3. The van der Waals surface area contributed by atoms with Crippen molar-refractivity contribution in [2.24, 2.45) is 0 Å². The monoisotopic (exact) mass is 317 g/mol. The second kappa shape index (κ2) is 7.82. The van der Waals surface area contributed by atoms with E-state index < -0.39 is 0 Å². The van der Waals surface area contributed by atoms with Crippen molar-refractivity contribution < 1.29 is 0 Å². The Morgan fingerprint density at radius 3 is 1.92 bits per heavy atom. The van der Waals surface area contributed by atoms with Gasteiger partial charge in [-0.1, -0.05) is 35.9 Å². The molecule has 0 N–H and O–H groups in total. The molecule has 0 atom stereocenters. The summed E-state index contributed by atoms with van der Waals surface area (Å²) >= 11 is 0. The van der Waals surface area contributed by atoms with Crippen molar-refractivity contribution in [2.75, 3.05) is 0 Å². The Bertz CT molecular complexity index is 691. The third kappa shape index (κ3) is 4.72. The van der Waals surface area contributed by atoms with Gasteiger partial charge in [-0.3, -0.25) is 4.98 Å². The molecule has 0 aliphatic carbocycles. The van der Waals surface area contributed by atoms with Gasteiger partial charge in [-0.05, 0) is 55.9 Å². The Hall–Kier alpha value is -2.55. The maximum atomic E-state index is 4.60. The van der Waals surface area contributed by atoms with E-state index in [1.807, 2.05) is 25.5 Å². The van der Waals surface area contributed by atoms with Crippen LogP contribution in [0.25, 0.3) is 0 Å². The Kier molecular flexibility index (Phi) is 5.32. The molecule has 2 aromatic heterocycles. The maximum absolute atomic E-state index is 4.60. The van der Waals surface area contributed by atoms with Crippen molar-refractivity contribution in [1.29, 1.82) is 0 Å². The van der Waals surface area contributed by atoms with Crippen LogP contribution < -0.4 is 0 Å². The number of pyridine rings is 1. The molecule has 2 heterocycles. The van der Waals surface area contributed by atoms with E-state index in [1.165, 1.54) is 16.7 Å². The fourth-order valence-corrected chi connectivity index (χ4v) is 2.58. The zero-order valence-electron chi connectivity index (χ0n) is 14.4. The summed E-state index contributed by atoms with van der Waals surface area (Å²) in [4.78, 5) is 13.3. The summed E-state index contributed by atoms with van der Waals surface area (Å²) in [7, 11) is 0. The standard InChI is InChI=1S/C21H23N3/c1-16-3-5-18(6-4-16)7-10-20-11-8-19(15-22-20)9-12-21-23-13-17(2)14-24-21/h3-6,8,11,13-15H,7,9-10,12H2,1-2H3. The lowest BCUT2D eigenvalue weighted by molar-refractivity contribution is 0.842. The first-order chi connectivity index (χ1) is 11.7. The lowest BCUT2D eigenvalue weighted by Gasteiger charge is -2.05. The number of hydrogen-bond donors (Lipinski definition) is 0. The molecule has 0 aliphatic heterocycles. The smallest absolute Gasteiger partial charge is 0.128 e. The molecule has 3 nitrogen and oxygen atoms in total. The predicted octanol–water partition coefficient (Wildman–Crippen LogP) is 4.06. The molecular weight excluding hydrogens is 294 g/mol. The molecule has 3 aromatic rings. The van der Waals surface area contributed by atoms with Gasteiger partial charge in [0, 0.05) is 30.7 Å². The van der Waals surface area contributed by atoms with Crippen LogP contribution in [0.4, 0.5) is 0 Å². The first-order valence-electron chi connectivity index (χ1n) is 8.46. The van der Waals surface area contributed by atoms with Crippen molar-refractivity contribution in [3.05, 3.63) is 88.8 Å². The summed E-state index contributed by atoms with van der Waals surface area (Å²) in [6.07, 6.45) is 9.51. The molecule has 0 spiro atoms. The number of rotatable bonds is 6. The van der Waals surface area contributed by atoms with E-state index in [0.717, 1.165) is 42.8 Å². The summed E-state index contributed by atoms with van der Waals surface area (Å²) in [5.41, 5.74) is 6.14. The molecule has 24 heavy (non-hydrogen) atoms. The van der Waals surface area contributed by atoms with Crippen LogP contribution in [-0.2, 0) is 25.7 Å². The third-order valence-corrected chi connectivity index (χ3v) is 4.15. The Balaban J connectivity index is 1.51. The van der Waals surface area contributed by atoms with Crippen molar-refractivity contribution in [3.63, 3.8) is 0 Å². The lowest BCUT2D eigenvalue weighted by Crippen LogP contribution is -2.00. The molecule has 3 heteroatoms. The molecule has 0 bridgehead atoms. The van der Waals surface area contributed by atoms with E-state index in [2.05, 4.69) is 58.3 Å². The van der Waals surface area contributed by atoms with Gasteiger partial charge in [0.05, 0.1) is 0 Å². The molecular formula is C21H23N3. The number of nitrogens with zero attached hydrogens (tertiary/aromatic N) is 3. The van der Waals surface area contributed by atoms with Crippen LogP contribution in [0, 0.1) is 13.8 Å². The molecule has 0 saturated heterocycles. The van der Waals surface area contributed by atoms with E-state index >= 15 is 0 Å². The number of aromatic nitrogens is 3. The van der Waals surface area contributed by atoms with E-state index in [1.54, 1.807) is 0 Å². The Morgan fingerprint density at radius 2 is 1.25 bits per heavy atom. The summed E-state index contributed by atoms with van der Waals surface area (Å²) in [6.45, 7) is 4.12. The van der Waals surface area contributed by atoms with Crippen LogP contribution >= 0.6 is 0 Å². The molecule has 3 rings (SSSR count). The molecule has 0 saturated carbocycles. The van der Waals surface area contributed by atoms with E-state index in [9.17, 15) is 0 Å². The van der Waals surface area contributed by atoms with Gasteiger partial charge in [-0.15, -0.1) is 0 Å². The highest BCUT2D eigenvalue weighted by Crippen LogP contribution is 2.09. The lowest BCUT2D eigenvalue weighted by atomic mass is 10.1. The minimum absolute atomic E-state index is 0.852. The van der Waals surface area contributed by atoms with E-state index in [-0.39, 0.29) is 0 Å². The van der Waals surface area contributed by atoms with Gasteiger partial charge >= 0.3 is 0 Å². The SMILES string of the molecule is Cc1ccc(CCc2ccc(CCc3ncc(C)cn3)cn2)cc1. The van der Waals surface area contributed by atoms with Gasteiger partial charge in [0.2, 0.25) is 0 Å². The summed E-state index contributed by atoms with van der Waals surface area (Å²) in [6, 6.07) is 13.0. The third-order valence-electron chi connectivity index (χ3n) is 4.15. The van der Waals surface area contributed by atoms with Gasteiger partial charge in [0.25, 0.3) is 0 Å². The molecule has 1 aromatic carbocycles. The summed E-state index contributed by atoms with van der Waals surface area (Å²) in [5, 5.41) is 0. The molecule has 122 valence electrons. The van der Waals surface area contributed by atoms with Crippen LogP contribution in [-0.4, -0.2) is 15.0 Å². The van der Waals surface area contributed by atoms with E-state index in [4.69, 9.17) is 0 Å². The second-order valence-electron chi connectivity index (χ2n) is 6.32. The highest BCUT2D eigenvalue weighted by Gasteiger charge is 2.01. The first-order valence-corrected chi connectivity index (χ1v) is 8.46. The zero-order chi connectivity index (χ0) is 16.8.